The van der Waals surface area contributed by atoms with Gasteiger partial charge in [0.05, 0.1) is 5.54 Å². The van der Waals surface area contributed by atoms with Crippen LogP contribution in [0.15, 0.2) is 0 Å². The van der Waals surface area contributed by atoms with Crippen LogP contribution in [0.25, 0.3) is 0 Å². The molecule has 1 aliphatic heterocycles. The third kappa shape index (κ3) is 3.43. The summed E-state index contributed by atoms with van der Waals surface area (Å²) in [4.78, 5) is 23.1. The minimum atomic E-state index is -0.979. The van der Waals surface area contributed by atoms with Crippen LogP contribution in [0.2, 0.25) is 0 Å². The third-order valence-electron chi connectivity index (χ3n) is 3.34. The Morgan fingerprint density at radius 2 is 2.00 bits per heavy atom. The Hall–Kier alpha value is -1.10. The lowest BCUT2D eigenvalue weighted by molar-refractivity contribution is -0.144. The number of carbonyl (C=O) groups is 2. The van der Waals surface area contributed by atoms with Gasteiger partial charge in [-0.3, -0.25) is 4.79 Å². The van der Waals surface area contributed by atoms with Crippen molar-refractivity contribution in [3.05, 3.63) is 0 Å². The Morgan fingerprint density at radius 3 is 2.41 bits per heavy atom. The first-order chi connectivity index (χ1) is 7.87. The maximum Gasteiger partial charge on any atom is 0.326 e. The van der Waals surface area contributed by atoms with Gasteiger partial charge in [-0.1, -0.05) is 13.8 Å². The van der Waals surface area contributed by atoms with Gasteiger partial charge < -0.3 is 15.7 Å². The second-order valence-electron chi connectivity index (χ2n) is 5.25. The van der Waals surface area contributed by atoms with Crippen molar-refractivity contribution in [3.8, 4) is 0 Å². The van der Waals surface area contributed by atoms with Gasteiger partial charge in [0.1, 0.15) is 6.04 Å². The second kappa shape index (κ2) is 5.49. The largest absolute Gasteiger partial charge is 0.480 e. The van der Waals surface area contributed by atoms with Crippen molar-refractivity contribution in [2.45, 2.75) is 51.6 Å². The van der Waals surface area contributed by atoms with Crippen LogP contribution in [0.1, 0.15) is 40.0 Å². The third-order valence-corrected chi connectivity index (χ3v) is 3.34. The number of carboxylic acids is 1. The van der Waals surface area contributed by atoms with Gasteiger partial charge in [-0.05, 0) is 38.6 Å². The molecule has 1 unspecified atom stereocenters. The van der Waals surface area contributed by atoms with Gasteiger partial charge >= 0.3 is 5.97 Å². The van der Waals surface area contributed by atoms with Gasteiger partial charge in [-0.25, -0.2) is 4.79 Å². The Labute approximate surface area is 102 Å². The van der Waals surface area contributed by atoms with E-state index < -0.39 is 17.6 Å². The molecule has 0 spiro atoms. The van der Waals surface area contributed by atoms with Crippen LogP contribution in [-0.2, 0) is 9.59 Å². The molecule has 0 aromatic rings. The number of piperidine rings is 1. The summed E-state index contributed by atoms with van der Waals surface area (Å²) in [5.74, 6) is -1.31. The molecule has 0 aromatic heterocycles. The van der Waals surface area contributed by atoms with Crippen LogP contribution in [-0.4, -0.2) is 35.1 Å². The molecule has 0 aromatic carbocycles. The molecule has 98 valence electrons. The van der Waals surface area contributed by atoms with Gasteiger partial charge in [0.2, 0.25) is 5.91 Å². The SMILES string of the molecule is CC(C)[C@@H](NC(=O)C1(C)CCCCN1)C(=O)O. The monoisotopic (exact) mass is 242 g/mol. The summed E-state index contributed by atoms with van der Waals surface area (Å²) in [7, 11) is 0. The smallest absolute Gasteiger partial charge is 0.326 e. The normalized spacial score (nSPS) is 26.6. The Bertz CT molecular complexity index is 296. The fraction of sp³-hybridized carbons (Fsp3) is 0.833. The highest BCUT2D eigenvalue weighted by atomic mass is 16.4. The maximum absolute atomic E-state index is 12.1. The summed E-state index contributed by atoms with van der Waals surface area (Å²) in [6.07, 6.45) is 2.81. The molecule has 0 saturated carbocycles. The van der Waals surface area contributed by atoms with Crippen LogP contribution < -0.4 is 10.6 Å². The lowest BCUT2D eigenvalue weighted by Crippen LogP contribution is -2.60. The average Bonchev–Trinajstić information content (AvgIpc) is 2.25. The molecular weight excluding hydrogens is 220 g/mol. The summed E-state index contributed by atoms with van der Waals surface area (Å²) >= 11 is 0. The number of hydrogen-bond donors (Lipinski definition) is 3. The van der Waals surface area contributed by atoms with Crippen molar-refractivity contribution >= 4 is 11.9 Å². The van der Waals surface area contributed by atoms with Crippen LogP contribution in [0.3, 0.4) is 0 Å². The zero-order chi connectivity index (χ0) is 13.1. The molecule has 1 aliphatic rings. The Kier molecular flexibility index (Phi) is 4.51. The van der Waals surface area contributed by atoms with Crippen molar-refractivity contribution in [1.29, 1.82) is 0 Å². The van der Waals surface area contributed by atoms with E-state index in [9.17, 15) is 9.59 Å². The van der Waals surface area contributed by atoms with Crippen molar-refractivity contribution < 1.29 is 14.7 Å². The van der Waals surface area contributed by atoms with Crippen molar-refractivity contribution in [2.24, 2.45) is 5.92 Å². The van der Waals surface area contributed by atoms with Crippen molar-refractivity contribution in [1.82, 2.24) is 10.6 Å². The first-order valence-corrected chi connectivity index (χ1v) is 6.15. The van der Waals surface area contributed by atoms with E-state index in [1.807, 2.05) is 6.92 Å². The van der Waals surface area contributed by atoms with Gasteiger partial charge in [0.15, 0.2) is 0 Å². The summed E-state index contributed by atoms with van der Waals surface area (Å²) in [6.45, 7) is 6.22. The van der Waals surface area contributed by atoms with Crippen LogP contribution in [0.4, 0.5) is 0 Å². The predicted octanol–water partition coefficient (Wildman–Crippen LogP) is 0.744. The van der Waals surface area contributed by atoms with Crippen molar-refractivity contribution in [2.75, 3.05) is 6.54 Å². The molecule has 1 amide bonds. The number of amides is 1. The van der Waals surface area contributed by atoms with E-state index >= 15 is 0 Å². The summed E-state index contributed by atoms with van der Waals surface area (Å²) < 4.78 is 0. The van der Waals surface area contributed by atoms with E-state index in [1.165, 1.54) is 0 Å². The highest BCUT2D eigenvalue weighted by Gasteiger charge is 2.36. The standard InChI is InChI=1S/C12H22N2O3/c1-8(2)9(10(15)16)14-11(17)12(3)6-4-5-7-13-12/h8-9,13H,4-7H2,1-3H3,(H,14,17)(H,15,16)/t9-,12?/m1/s1. The molecule has 3 N–H and O–H groups in total. The number of rotatable bonds is 4. The van der Waals surface area contributed by atoms with Crippen molar-refractivity contribution in [3.63, 3.8) is 0 Å². The Morgan fingerprint density at radius 1 is 1.35 bits per heavy atom. The van der Waals surface area contributed by atoms with Crippen LogP contribution >= 0.6 is 0 Å². The number of aliphatic carboxylic acids is 1. The molecule has 2 atom stereocenters. The van der Waals surface area contributed by atoms with Crippen LogP contribution in [0, 0.1) is 5.92 Å². The zero-order valence-corrected chi connectivity index (χ0v) is 10.7. The summed E-state index contributed by atoms with van der Waals surface area (Å²) in [6, 6.07) is -0.817. The highest BCUT2D eigenvalue weighted by molar-refractivity contribution is 5.90. The fourth-order valence-electron chi connectivity index (χ4n) is 2.06. The maximum atomic E-state index is 12.1. The Balaban J connectivity index is 2.66. The molecule has 17 heavy (non-hydrogen) atoms. The lowest BCUT2D eigenvalue weighted by atomic mass is 9.89. The van der Waals surface area contributed by atoms with Crippen LogP contribution in [0.5, 0.6) is 0 Å². The average molecular weight is 242 g/mol. The van der Waals surface area contributed by atoms with E-state index in [4.69, 9.17) is 5.11 Å². The van der Waals surface area contributed by atoms with E-state index in [0.29, 0.717) is 0 Å². The first-order valence-electron chi connectivity index (χ1n) is 6.15. The zero-order valence-electron chi connectivity index (χ0n) is 10.7. The lowest BCUT2D eigenvalue weighted by Gasteiger charge is -2.34. The molecule has 1 fully saturated rings. The molecule has 0 radical (unpaired) electrons. The number of nitrogens with one attached hydrogen (secondary N) is 2. The van der Waals surface area contributed by atoms with E-state index in [0.717, 1.165) is 25.8 Å². The number of carbonyl (C=O) groups excluding carboxylic acids is 1. The quantitative estimate of drug-likeness (QED) is 0.679. The molecule has 1 rings (SSSR count). The molecule has 0 aliphatic carbocycles. The first kappa shape index (κ1) is 14.0. The van der Waals surface area contributed by atoms with E-state index in [1.54, 1.807) is 13.8 Å². The second-order valence-corrected chi connectivity index (χ2v) is 5.25. The van der Waals surface area contributed by atoms with Gasteiger partial charge in [0.25, 0.3) is 0 Å². The fourth-order valence-corrected chi connectivity index (χ4v) is 2.06. The molecular formula is C12H22N2O3. The van der Waals surface area contributed by atoms with Gasteiger partial charge in [0, 0.05) is 0 Å². The minimum absolute atomic E-state index is 0.122. The van der Waals surface area contributed by atoms with E-state index in [-0.39, 0.29) is 11.8 Å². The molecule has 1 saturated heterocycles. The summed E-state index contributed by atoms with van der Waals surface area (Å²) in [5, 5.41) is 14.8. The molecule has 0 bridgehead atoms. The summed E-state index contributed by atoms with van der Waals surface area (Å²) in [5.41, 5.74) is -0.624. The number of carboxylic acid groups (broad SMARTS) is 1. The van der Waals surface area contributed by atoms with Gasteiger partial charge in [-0.2, -0.15) is 0 Å². The topological polar surface area (TPSA) is 78.4 Å². The molecule has 1 heterocycles. The number of hydrogen-bond acceptors (Lipinski definition) is 3. The highest BCUT2D eigenvalue weighted by Crippen LogP contribution is 2.19. The molecule has 5 nitrogen and oxygen atoms in total. The van der Waals surface area contributed by atoms with Gasteiger partial charge in [-0.15, -0.1) is 0 Å². The minimum Gasteiger partial charge on any atom is -0.480 e. The molecule has 5 heteroatoms. The predicted molar refractivity (Wildman–Crippen MR) is 64.7 cm³/mol. The van der Waals surface area contributed by atoms with E-state index in [2.05, 4.69) is 10.6 Å².